The summed E-state index contributed by atoms with van der Waals surface area (Å²) >= 11 is 0. The highest BCUT2D eigenvalue weighted by atomic mass is 16.3. The summed E-state index contributed by atoms with van der Waals surface area (Å²) in [6.07, 6.45) is 9.03. The van der Waals surface area contributed by atoms with Gasteiger partial charge in [-0.25, -0.2) is 4.98 Å². The lowest BCUT2D eigenvalue weighted by Crippen LogP contribution is -2.35. The fourth-order valence-corrected chi connectivity index (χ4v) is 3.22. The first kappa shape index (κ1) is 14.7. The summed E-state index contributed by atoms with van der Waals surface area (Å²) in [6, 6.07) is 3.72. The number of amides is 1. The second-order valence-corrected chi connectivity index (χ2v) is 6.21. The van der Waals surface area contributed by atoms with Crippen LogP contribution < -0.4 is 0 Å². The number of carbonyl (C=O) groups is 1. The van der Waals surface area contributed by atoms with Crippen molar-refractivity contribution in [2.45, 2.75) is 26.6 Å². The molecule has 1 aliphatic rings. The molecule has 1 unspecified atom stereocenters. The molecule has 1 amide bonds. The minimum absolute atomic E-state index is 0.0839. The molecule has 24 heavy (non-hydrogen) atoms. The Balaban J connectivity index is 1.61. The van der Waals surface area contributed by atoms with Crippen LogP contribution in [-0.2, 0) is 19.6 Å². The molecule has 0 aliphatic carbocycles. The van der Waals surface area contributed by atoms with Crippen LogP contribution in [0.5, 0.6) is 0 Å². The summed E-state index contributed by atoms with van der Waals surface area (Å²) in [5.41, 5.74) is 0.858. The second kappa shape index (κ2) is 5.99. The lowest BCUT2D eigenvalue weighted by atomic mass is 10.1. The second-order valence-electron chi connectivity index (χ2n) is 6.21. The van der Waals surface area contributed by atoms with Gasteiger partial charge in [-0.1, -0.05) is 0 Å². The van der Waals surface area contributed by atoms with Gasteiger partial charge >= 0.3 is 0 Å². The third-order valence-electron chi connectivity index (χ3n) is 4.42. The molecule has 3 aromatic rings. The zero-order valence-electron chi connectivity index (χ0n) is 13.5. The van der Waals surface area contributed by atoms with Gasteiger partial charge in [-0.2, -0.15) is 5.10 Å². The van der Waals surface area contributed by atoms with E-state index in [1.807, 2.05) is 41.0 Å². The van der Waals surface area contributed by atoms with E-state index in [0.717, 1.165) is 24.5 Å². The van der Waals surface area contributed by atoms with Crippen molar-refractivity contribution < 1.29 is 9.21 Å². The van der Waals surface area contributed by atoms with Crippen molar-refractivity contribution in [1.29, 1.82) is 0 Å². The SMILES string of the molecule is Cc1ccoc1C(=O)N1Cc2nccn2CC(Cn2cccn2)C1. The van der Waals surface area contributed by atoms with Crippen LogP contribution in [0.15, 0.2) is 47.6 Å². The van der Waals surface area contributed by atoms with Crippen LogP contribution in [-0.4, -0.2) is 36.7 Å². The molecule has 0 N–H and O–H groups in total. The van der Waals surface area contributed by atoms with Crippen LogP contribution in [0.3, 0.4) is 0 Å². The first-order valence-electron chi connectivity index (χ1n) is 8.01. The molecule has 7 nitrogen and oxygen atoms in total. The Hall–Kier alpha value is -2.83. The van der Waals surface area contributed by atoms with Gasteiger partial charge in [-0.3, -0.25) is 9.48 Å². The number of fused-ring (bicyclic) bond motifs is 1. The molecule has 124 valence electrons. The zero-order valence-corrected chi connectivity index (χ0v) is 13.5. The molecule has 7 heteroatoms. The predicted octanol–water partition coefficient (Wildman–Crippen LogP) is 1.95. The number of hydrogen-bond acceptors (Lipinski definition) is 4. The Morgan fingerprint density at radius 1 is 1.33 bits per heavy atom. The Labute approximate surface area is 139 Å². The van der Waals surface area contributed by atoms with Crippen molar-refractivity contribution in [2.24, 2.45) is 5.92 Å². The quantitative estimate of drug-likeness (QED) is 0.738. The third-order valence-corrected chi connectivity index (χ3v) is 4.42. The Morgan fingerprint density at radius 2 is 2.25 bits per heavy atom. The fourth-order valence-electron chi connectivity index (χ4n) is 3.22. The summed E-state index contributed by atoms with van der Waals surface area (Å²) in [6.45, 7) is 4.59. The van der Waals surface area contributed by atoms with Crippen molar-refractivity contribution in [3.05, 3.63) is 60.3 Å². The summed E-state index contributed by atoms with van der Waals surface area (Å²) in [7, 11) is 0. The van der Waals surface area contributed by atoms with Crippen molar-refractivity contribution in [3.63, 3.8) is 0 Å². The van der Waals surface area contributed by atoms with E-state index in [-0.39, 0.29) is 11.8 Å². The number of furan rings is 1. The number of nitrogens with zero attached hydrogens (tertiary/aromatic N) is 5. The monoisotopic (exact) mass is 325 g/mol. The average Bonchev–Trinajstić information content (AvgIpc) is 3.28. The lowest BCUT2D eigenvalue weighted by molar-refractivity contribution is 0.0679. The Kier molecular flexibility index (Phi) is 3.68. The number of imidazole rings is 1. The molecule has 0 saturated heterocycles. The van der Waals surface area contributed by atoms with Crippen LogP contribution in [0.2, 0.25) is 0 Å². The number of hydrogen-bond donors (Lipinski definition) is 0. The minimum atomic E-state index is -0.0839. The number of aromatic nitrogens is 4. The molecule has 0 spiro atoms. The highest BCUT2D eigenvalue weighted by Gasteiger charge is 2.28. The number of rotatable bonds is 3. The molecule has 1 atom stereocenters. The van der Waals surface area contributed by atoms with Crippen LogP contribution in [0.25, 0.3) is 0 Å². The topological polar surface area (TPSA) is 69.1 Å². The molecule has 3 aromatic heterocycles. The molecule has 0 fully saturated rings. The van der Waals surface area contributed by atoms with E-state index < -0.39 is 0 Å². The van der Waals surface area contributed by atoms with Gasteiger partial charge in [0.15, 0.2) is 5.76 Å². The summed E-state index contributed by atoms with van der Waals surface area (Å²) in [4.78, 5) is 19.1. The molecule has 0 saturated carbocycles. The number of carbonyl (C=O) groups excluding carboxylic acids is 1. The molecule has 1 aliphatic heterocycles. The van der Waals surface area contributed by atoms with E-state index >= 15 is 0 Å². The van der Waals surface area contributed by atoms with E-state index in [4.69, 9.17) is 4.42 Å². The standard InChI is InChI=1S/C17H19N5O2/c1-13-3-8-24-16(13)17(23)21-10-14(11-22-6-2-4-19-22)9-20-7-5-18-15(20)12-21/h2-8,14H,9-12H2,1H3. The molecule has 4 rings (SSSR count). The minimum Gasteiger partial charge on any atom is -0.459 e. The molecule has 0 aromatic carbocycles. The van der Waals surface area contributed by atoms with Gasteiger partial charge in [-0.05, 0) is 19.1 Å². The van der Waals surface area contributed by atoms with Crippen molar-refractivity contribution in [1.82, 2.24) is 24.2 Å². The van der Waals surface area contributed by atoms with E-state index in [2.05, 4.69) is 14.6 Å². The smallest absolute Gasteiger partial charge is 0.290 e. The summed E-state index contributed by atoms with van der Waals surface area (Å²) < 4.78 is 9.43. The third kappa shape index (κ3) is 2.73. The Morgan fingerprint density at radius 3 is 3.00 bits per heavy atom. The van der Waals surface area contributed by atoms with E-state index in [0.29, 0.717) is 18.8 Å². The summed E-state index contributed by atoms with van der Waals surface area (Å²) in [5.74, 6) is 1.47. The maximum Gasteiger partial charge on any atom is 0.290 e. The highest BCUT2D eigenvalue weighted by Crippen LogP contribution is 2.20. The van der Waals surface area contributed by atoms with E-state index in [1.54, 1.807) is 18.7 Å². The van der Waals surface area contributed by atoms with Crippen molar-refractivity contribution >= 4 is 5.91 Å². The molecule has 4 heterocycles. The number of aryl methyl sites for hydroxylation is 1. The van der Waals surface area contributed by atoms with Gasteiger partial charge in [0.25, 0.3) is 5.91 Å². The summed E-state index contributed by atoms with van der Waals surface area (Å²) in [5, 5.41) is 4.29. The van der Waals surface area contributed by atoms with Crippen LogP contribution in [0, 0.1) is 12.8 Å². The van der Waals surface area contributed by atoms with Gasteiger partial charge in [-0.15, -0.1) is 0 Å². The van der Waals surface area contributed by atoms with Gasteiger partial charge in [0, 0.05) is 55.9 Å². The lowest BCUT2D eigenvalue weighted by Gasteiger charge is -2.23. The first-order chi connectivity index (χ1) is 11.7. The molecule has 0 bridgehead atoms. The highest BCUT2D eigenvalue weighted by molar-refractivity contribution is 5.92. The van der Waals surface area contributed by atoms with Gasteiger partial charge < -0.3 is 13.9 Å². The fraction of sp³-hybridized carbons (Fsp3) is 0.353. The first-order valence-corrected chi connectivity index (χ1v) is 8.01. The van der Waals surface area contributed by atoms with Gasteiger partial charge in [0.1, 0.15) is 5.82 Å². The largest absolute Gasteiger partial charge is 0.459 e. The van der Waals surface area contributed by atoms with E-state index in [9.17, 15) is 4.79 Å². The maximum atomic E-state index is 12.9. The predicted molar refractivity (Wildman–Crippen MR) is 86.1 cm³/mol. The molecular formula is C17H19N5O2. The van der Waals surface area contributed by atoms with Gasteiger partial charge in [0.05, 0.1) is 12.8 Å². The van der Waals surface area contributed by atoms with Crippen LogP contribution in [0.4, 0.5) is 0 Å². The van der Waals surface area contributed by atoms with Gasteiger partial charge in [0.2, 0.25) is 0 Å². The molecule has 0 radical (unpaired) electrons. The zero-order chi connectivity index (χ0) is 16.5. The molecular weight excluding hydrogens is 306 g/mol. The van der Waals surface area contributed by atoms with Crippen LogP contribution >= 0.6 is 0 Å². The normalized spacial score (nSPS) is 17.5. The average molecular weight is 325 g/mol. The van der Waals surface area contributed by atoms with Crippen LogP contribution in [0.1, 0.15) is 21.9 Å². The van der Waals surface area contributed by atoms with Crippen molar-refractivity contribution in [3.8, 4) is 0 Å². The van der Waals surface area contributed by atoms with Crippen molar-refractivity contribution in [2.75, 3.05) is 6.54 Å². The van der Waals surface area contributed by atoms with E-state index in [1.165, 1.54) is 0 Å². The maximum absolute atomic E-state index is 12.9. The Bertz CT molecular complexity index is 833.